The number of carbonyl (C=O) groups excluding carboxylic acids is 3. The fourth-order valence-corrected chi connectivity index (χ4v) is 3.45. The molecule has 0 bridgehead atoms. The molecule has 0 saturated carbocycles. The topological polar surface area (TPSA) is 81.7 Å². The second-order valence-electron chi connectivity index (χ2n) is 5.56. The minimum absolute atomic E-state index is 0.168. The molecule has 0 aliphatic rings. The largest absolute Gasteiger partial charge is 0.462 e. The molecule has 0 aliphatic carbocycles. The zero-order chi connectivity index (χ0) is 18.8. The van der Waals surface area contributed by atoms with Crippen LogP contribution < -0.4 is 5.32 Å². The Morgan fingerprint density at radius 3 is 2.20 bits per heavy atom. The molecular weight excluding hydrogens is 342 g/mol. The predicted molar refractivity (Wildman–Crippen MR) is 98.4 cm³/mol. The summed E-state index contributed by atoms with van der Waals surface area (Å²) in [5, 5.41) is 3.10. The van der Waals surface area contributed by atoms with Crippen LogP contribution in [0.5, 0.6) is 0 Å². The molecule has 1 amide bonds. The first-order valence-electron chi connectivity index (χ1n) is 8.73. The van der Waals surface area contributed by atoms with Gasteiger partial charge >= 0.3 is 11.9 Å². The summed E-state index contributed by atoms with van der Waals surface area (Å²) in [7, 11) is 0. The molecule has 1 N–H and O–H groups in total. The number of rotatable bonds is 10. The number of hydrogen-bond acceptors (Lipinski definition) is 6. The third-order valence-electron chi connectivity index (χ3n) is 3.60. The Kier molecular flexibility index (Phi) is 9.20. The molecule has 1 heterocycles. The van der Waals surface area contributed by atoms with E-state index in [1.807, 2.05) is 0 Å². The van der Waals surface area contributed by atoms with Crippen LogP contribution in [0.2, 0.25) is 0 Å². The highest BCUT2D eigenvalue weighted by Gasteiger charge is 2.27. The summed E-state index contributed by atoms with van der Waals surface area (Å²) in [5.41, 5.74) is 0.708. The summed E-state index contributed by atoms with van der Waals surface area (Å²) in [6.45, 7) is 7.64. The molecule has 1 aromatic heterocycles. The van der Waals surface area contributed by atoms with Crippen LogP contribution in [-0.4, -0.2) is 31.1 Å². The quantitative estimate of drug-likeness (QED) is 0.491. The van der Waals surface area contributed by atoms with E-state index in [9.17, 15) is 14.4 Å². The average Bonchev–Trinajstić information content (AvgIpc) is 2.88. The third-order valence-corrected chi connectivity index (χ3v) is 4.78. The first-order valence-corrected chi connectivity index (χ1v) is 9.55. The summed E-state index contributed by atoms with van der Waals surface area (Å²) < 4.78 is 10.1. The second-order valence-corrected chi connectivity index (χ2v) is 6.58. The molecule has 0 spiro atoms. The second kappa shape index (κ2) is 10.9. The Balaban J connectivity index is 2.98. The van der Waals surface area contributed by atoms with Gasteiger partial charge in [-0.15, -0.1) is 11.3 Å². The Hall–Kier alpha value is -1.89. The molecule has 6 nitrogen and oxygen atoms in total. The van der Waals surface area contributed by atoms with E-state index in [4.69, 9.17) is 9.47 Å². The summed E-state index contributed by atoms with van der Waals surface area (Å²) in [4.78, 5) is 36.8. The van der Waals surface area contributed by atoms with Crippen molar-refractivity contribution in [2.45, 2.75) is 59.8 Å². The van der Waals surface area contributed by atoms with Gasteiger partial charge in [-0.05, 0) is 32.8 Å². The lowest BCUT2D eigenvalue weighted by Gasteiger charge is -2.07. The molecule has 1 rings (SSSR count). The SMILES string of the molecule is CCCCCCC(=O)Nc1sc(C(=O)OCC)c(C)c1C(=O)OCC. The Morgan fingerprint density at radius 2 is 1.60 bits per heavy atom. The molecule has 140 valence electrons. The van der Waals surface area contributed by atoms with Gasteiger partial charge in [0.1, 0.15) is 9.88 Å². The van der Waals surface area contributed by atoms with Crippen LogP contribution in [-0.2, 0) is 14.3 Å². The summed E-state index contributed by atoms with van der Waals surface area (Å²) in [6.07, 6.45) is 4.36. The van der Waals surface area contributed by atoms with Gasteiger partial charge in [0.25, 0.3) is 0 Å². The van der Waals surface area contributed by atoms with Gasteiger partial charge in [0.2, 0.25) is 5.91 Å². The number of anilines is 1. The molecule has 0 saturated heterocycles. The van der Waals surface area contributed by atoms with E-state index in [1.165, 1.54) is 0 Å². The highest BCUT2D eigenvalue weighted by Crippen LogP contribution is 2.34. The van der Waals surface area contributed by atoms with E-state index < -0.39 is 11.9 Å². The number of thiophene rings is 1. The molecule has 7 heteroatoms. The van der Waals surface area contributed by atoms with Crippen molar-refractivity contribution in [3.05, 3.63) is 16.0 Å². The summed E-state index contributed by atoms with van der Waals surface area (Å²) >= 11 is 1.05. The lowest BCUT2D eigenvalue weighted by Crippen LogP contribution is -2.14. The lowest BCUT2D eigenvalue weighted by atomic mass is 10.1. The maximum absolute atomic E-state index is 12.2. The van der Waals surface area contributed by atoms with Crippen molar-refractivity contribution in [1.29, 1.82) is 0 Å². The number of ether oxygens (including phenoxy) is 2. The molecular formula is C18H27NO5S. The van der Waals surface area contributed by atoms with E-state index in [0.717, 1.165) is 37.0 Å². The van der Waals surface area contributed by atoms with Crippen LogP contribution in [0.1, 0.15) is 78.5 Å². The number of unbranched alkanes of at least 4 members (excludes halogenated alkanes) is 3. The smallest absolute Gasteiger partial charge is 0.348 e. The van der Waals surface area contributed by atoms with Crippen molar-refractivity contribution in [1.82, 2.24) is 0 Å². The maximum atomic E-state index is 12.2. The van der Waals surface area contributed by atoms with E-state index in [-0.39, 0.29) is 24.7 Å². The fraction of sp³-hybridized carbons (Fsp3) is 0.611. The van der Waals surface area contributed by atoms with E-state index >= 15 is 0 Å². The zero-order valence-corrected chi connectivity index (χ0v) is 16.2. The fourth-order valence-electron chi connectivity index (χ4n) is 2.34. The summed E-state index contributed by atoms with van der Waals surface area (Å²) in [5.74, 6) is -1.22. The van der Waals surface area contributed by atoms with Gasteiger partial charge in [-0.1, -0.05) is 26.2 Å². The Morgan fingerprint density at radius 1 is 0.960 bits per heavy atom. The number of amides is 1. The van der Waals surface area contributed by atoms with Crippen molar-refractivity contribution >= 4 is 34.2 Å². The number of esters is 2. The van der Waals surface area contributed by atoms with Crippen molar-refractivity contribution in [3.63, 3.8) is 0 Å². The molecule has 0 radical (unpaired) electrons. The van der Waals surface area contributed by atoms with Gasteiger partial charge in [0, 0.05) is 6.42 Å². The van der Waals surface area contributed by atoms with E-state index in [0.29, 0.717) is 21.9 Å². The standard InChI is InChI=1S/C18H27NO5S/c1-5-8-9-10-11-13(20)19-16-14(17(21)23-6-2)12(4)15(25-16)18(22)24-7-3/h5-11H2,1-4H3,(H,19,20). The number of carbonyl (C=O) groups is 3. The lowest BCUT2D eigenvalue weighted by molar-refractivity contribution is -0.116. The number of nitrogens with one attached hydrogen (secondary N) is 1. The molecule has 25 heavy (non-hydrogen) atoms. The van der Waals surface area contributed by atoms with Gasteiger partial charge < -0.3 is 14.8 Å². The van der Waals surface area contributed by atoms with Gasteiger partial charge in [-0.2, -0.15) is 0 Å². The van der Waals surface area contributed by atoms with Crippen molar-refractivity contribution < 1.29 is 23.9 Å². The highest BCUT2D eigenvalue weighted by atomic mass is 32.1. The van der Waals surface area contributed by atoms with Crippen LogP contribution in [0.3, 0.4) is 0 Å². The monoisotopic (exact) mass is 369 g/mol. The minimum Gasteiger partial charge on any atom is -0.462 e. The molecule has 0 unspecified atom stereocenters. The van der Waals surface area contributed by atoms with Gasteiger partial charge in [0.15, 0.2) is 0 Å². The molecule has 0 aromatic carbocycles. The van der Waals surface area contributed by atoms with Gasteiger partial charge in [-0.3, -0.25) is 4.79 Å². The number of hydrogen-bond donors (Lipinski definition) is 1. The van der Waals surface area contributed by atoms with Gasteiger partial charge in [0.05, 0.1) is 18.8 Å². The highest BCUT2D eigenvalue weighted by molar-refractivity contribution is 7.18. The van der Waals surface area contributed by atoms with Gasteiger partial charge in [-0.25, -0.2) is 9.59 Å². The predicted octanol–water partition coefficient (Wildman–Crippen LogP) is 4.32. The van der Waals surface area contributed by atoms with Crippen LogP contribution in [0.25, 0.3) is 0 Å². The van der Waals surface area contributed by atoms with Crippen molar-refractivity contribution in [2.75, 3.05) is 18.5 Å². The average molecular weight is 369 g/mol. The third kappa shape index (κ3) is 6.16. The minimum atomic E-state index is -0.548. The molecule has 0 fully saturated rings. The van der Waals surface area contributed by atoms with Crippen molar-refractivity contribution in [2.24, 2.45) is 0 Å². The zero-order valence-electron chi connectivity index (χ0n) is 15.4. The molecule has 0 atom stereocenters. The molecule has 1 aromatic rings. The van der Waals surface area contributed by atoms with Crippen LogP contribution in [0.15, 0.2) is 0 Å². The Labute approximate surface area is 152 Å². The van der Waals surface area contributed by atoms with Crippen LogP contribution in [0.4, 0.5) is 5.00 Å². The van der Waals surface area contributed by atoms with Crippen molar-refractivity contribution in [3.8, 4) is 0 Å². The molecule has 0 aliphatic heterocycles. The normalized spacial score (nSPS) is 10.4. The van der Waals surface area contributed by atoms with E-state index in [1.54, 1.807) is 20.8 Å². The Bertz CT molecular complexity index is 609. The van der Waals surface area contributed by atoms with E-state index in [2.05, 4.69) is 12.2 Å². The van der Waals surface area contributed by atoms with Crippen LogP contribution >= 0.6 is 11.3 Å². The van der Waals surface area contributed by atoms with Crippen LogP contribution in [0, 0.1) is 6.92 Å². The first-order chi connectivity index (χ1) is 12.0. The summed E-state index contributed by atoms with van der Waals surface area (Å²) in [6, 6.07) is 0. The maximum Gasteiger partial charge on any atom is 0.348 e. The first kappa shape index (κ1) is 21.2.